The third-order valence-electron chi connectivity index (χ3n) is 20.0. The van der Waals surface area contributed by atoms with E-state index in [2.05, 4.69) is 115 Å². The summed E-state index contributed by atoms with van der Waals surface area (Å²) in [6.45, 7) is 20.6. The number of thioether (sulfide) groups is 1. The Hall–Kier alpha value is -12.8. The van der Waals surface area contributed by atoms with Crippen molar-refractivity contribution < 1.29 is 42.3 Å². The Labute approximate surface area is 894 Å². The maximum atomic E-state index is 12.7. The van der Waals surface area contributed by atoms with Gasteiger partial charge in [0.15, 0.2) is 0 Å². The Balaban J connectivity index is 0.000000186. The molecule has 0 radical (unpaired) electrons. The molecule has 0 heterocycles. The highest BCUT2D eigenvalue weighted by Crippen LogP contribution is 2.31. The van der Waals surface area contributed by atoms with Crippen LogP contribution >= 0.6 is 144 Å². The van der Waals surface area contributed by atoms with E-state index in [-0.39, 0.29) is 26.6 Å². The summed E-state index contributed by atoms with van der Waals surface area (Å²) in [6, 6.07) is 114. The van der Waals surface area contributed by atoms with Crippen molar-refractivity contribution >= 4 is 225 Å². The molecule has 6 N–H and O–H groups in total. The summed E-state index contributed by atoms with van der Waals surface area (Å²) in [6.07, 6.45) is 6.19. The van der Waals surface area contributed by atoms with Gasteiger partial charge in [0.25, 0.3) is 41.5 Å². The smallest absolute Gasteiger partial charge is 0.288 e. The summed E-state index contributed by atoms with van der Waals surface area (Å²) < 4.78 is 52.0. The number of hydrogen-bond acceptors (Lipinski definition) is 16. The summed E-state index contributed by atoms with van der Waals surface area (Å²) in [5, 5.41) is 22.3. The maximum Gasteiger partial charge on any atom is 0.288 e. The van der Waals surface area contributed by atoms with Crippen LogP contribution in [0.2, 0.25) is 20.1 Å². The number of nitrogens with one attached hydrogen (secondary N) is 6. The number of rotatable bonds is 21. The van der Waals surface area contributed by atoms with Gasteiger partial charge in [0, 0.05) is 48.4 Å². The summed E-state index contributed by atoms with van der Waals surface area (Å²) >= 11 is 61.6. The number of benzene rings is 15. The highest BCUT2D eigenvalue weighted by atomic mass is 35.5. The predicted octanol–water partition coefficient (Wildman–Crippen LogP) is 34.0. The van der Waals surface area contributed by atoms with Gasteiger partial charge >= 0.3 is 0 Å². The van der Waals surface area contributed by atoms with Crippen LogP contribution in [0, 0.1) is 40.4 Å². The van der Waals surface area contributed by atoms with E-state index in [9.17, 15) is 9.18 Å². The van der Waals surface area contributed by atoms with Gasteiger partial charge in [-0.25, -0.2) is 9.29 Å². The van der Waals surface area contributed by atoms with Crippen LogP contribution in [0.3, 0.4) is 0 Å². The zero-order valence-electron chi connectivity index (χ0n) is 79.8. The summed E-state index contributed by atoms with van der Waals surface area (Å²) in [4.78, 5) is 14.3. The maximum absolute atomic E-state index is 12.7. The number of nitrogens with zero attached hydrogens (tertiary/aromatic N) is 1. The second kappa shape index (κ2) is 61.2. The fourth-order valence-corrected chi connectivity index (χ4v) is 15.2. The van der Waals surface area contributed by atoms with Crippen LogP contribution in [0.1, 0.15) is 96.7 Å². The number of aryl methyl sites for hydroxylation is 10. The molecule has 0 aliphatic carbocycles. The number of carbonyl (C=O) groups is 1. The van der Waals surface area contributed by atoms with Crippen LogP contribution < -0.4 is 70.0 Å². The van der Waals surface area contributed by atoms with Crippen molar-refractivity contribution in [2.24, 2.45) is 0 Å². The number of anilines is 7. The van der Waals surface area contributed by atoms with E-state index in [0.29, 0.717) is 70.2 Å². The third kappa shape index (κ3) is 42.6. The summed E-state index contributed by atoms with van der Waals surface area (Å²) in [5.41, 5.74) is 17.9. The minimum absolute atomic E-state index is 0.187. The first-order valence-corrected chi connectivity index (χ1v) is 50.3. The van der Waals surface area contributed by atoms with Gasteiger partial charge < -0.3 is 65.1 Å². The first-order chi connectivity index (χ1) is 68.4. The molecule has 0 spiro atoms. The molecule has 0 saturated heterocycles. The Bertz CT molecular complexity index is 6220. The van der Waals surface area contributed by atoms with Crippen molar-refractivity contribution in [3.05, 3.63) is 446 Å². The minimum atomic E-state index is -0.304. The Morgan fingerprint density at radius 1 is 0.303 bits per heavy atom. The molecule has 28 heteroatoms. The van der Waals surface area contributed by atoms with Crippen LogP contribution in [0.5, 0.6) is 40.2 Å². The van der Waals surface area contributed by atoms with Crippen LogP contribution in [0.4, 0.5) is 49.0 Å². The zero-order chi connectivity index (χ0) is 102. The van der Waals surface area contributed by atoms with Crippen molar-refractivity contribution in [1.82, 2.24) is 0 Å². The normalized spacial score (nSPS) is 10.1. The molecule has 15 nitrogen and oxygen atoms in total. The number of thiocarbonyl (C=S) groups is 7. The van der Waals surface area contributed by atoms with Gasteiger partial charge in [-0.15, -0.1) is 0 Å². The first kappa shape index (κ1) is 113. The van der Waals surface area contributed by atoms with Gasteiger partial charge in [-0.2, -0.15) is 0 Å². The summed E-state index contributed by atoms with van der Waals surface area (Å²) in [5.74, 6) is 4.35. The molecule has 0 saturated carbocycles. The quantitative estimate of drug-likeness (QED) is 0.0298. The predicted molar refractivity (Wildman–Crippen MR) is 620 cm³/mol. The average molecular weight is 2120 g/mol. The van der Waals surface area contributed by atoms with Gasteiger partial charge in [0.1, 0.15) is 46.1 Å². The molecule has 0 atom stereocenters. The number of halogens is 5. The van der Waals surface area contributed by atoms with Gasteiger partial charge in [-0.1, -0.05) is 244 Å². The molecule has 0 aliphatic heterocycles. The molecule has 0 bridgehead atoms. The van der Waals surface area contributed by atoms with E-state index >= 15 is 0 Å². The lowest BCUT2D eigenvalue weighted by atomic mass is 10.1. The number of amides is 1. The van der Waals surface area contributed by atoms with Crippen molar-refractivity contribution in [3.63, 3.8) is 0 Å². The molecule has 0 fully saturated rings. The van der Waals surface area contributed by atoms with Crippen molar-refractivity contribution in [1.29, 1.82) is 0 Å². The molecule has 15 rings (SSSR count). The van der Waals surface area contributed by atoms with Crippen molar-refractivity contribution in [2.75, 3.05) is 36.8 Å². The fourth-order valence-electron chi connectivity index (χ4n) is 12.2. The Morgan fingerprint density at radius 3 is 0.930 bits per heavy atom. The average Bonchev–Trinajstić information content (AvgIpc) is 0.820. The number of para-hydroxylation sites is 2. The topological polar surface area (TPSA) is 157 Å². The van der Waals surface area contributed by atoms with E-state index in [4.69, 9.17) is 165 Å². The van der Waals surface area contributed by atoms with Crippen LogP contribution in [-0.4, -0.2) is 41.5 Å². The minimum Gasteiger partial charge on any atom is -0.432 e. The lowest BCUT2D eigenvalue weighted by molar-refractivity contribution is 0.269. The highest BCUT2D eigenvalue weighted by Gasteiger charge is 2.23. The second-order valence-electron chi connectivity index (χ2n) is 31.2. The van der Waals surface area contributed by atoms with E-state index < -0.39 is 0 Å². The van der Waals surface area contributed by atoms with Gasteiger partial charge in [0.05, 0.1) is 16.4 Å². The first-order valence-electron chi connectivity index (χ1n) is 45.2. The Kier molecular flexibility index (Phi) is 48.6. The third-order valence-corrected chi connectivity index (χ3v) is 23.5. The SMILES string of the molecule is CCCc1ccc(N(C(=S)Oc2ccc(C)cc2)C(=S)Oc2ccc(C)cc2)cc1.CCc1ccc(NC(=S)Oc2ccc(C)cc2)cc1.CCc1ccc(NC(=S)Oc2ccc(Cl)cc2)cc1.CCc1ccc(NC(=S)Oc2ccc(F)cc2)cc1.CCc1ccc(NC(=S)Oc2ccccc2)cc1.Cc1cc(NC(=S)Oc2ccccc2)ccc1Cl.Cc1ccc(NC(=O)Sc2ccc(Cl)cc2)c(Cl)c1. The zero-order valence-corrected chi connectivity index (χ0v) is 89.3. The number of ether oxygens (including phenoxy) is 7. The Morgan fingerprint density at radius 2 is 0.599 bits per heavy atom. The van der Waals surface area contributed by atoms with Gasteiger partial charge in [-0.3, -0.25) is 4.79 Å². The fraction of sp³-hybridized carbons (Fsp3) is 0.140. The molecule has 0 aliphatic rings. The van der Waals surface area contributed by atoms with E-state index in [1.165, 1.54) is 57.6 Å². The number of carbonyl (C=O) groups excluding carboxylic acids is 1. The largest absolute Gasteiger partial charge is 0.432 e. The van der Waals surface area contributed by atoms with Crippen LogP contribution in [-0.2, 0) is 32.1 Å². The second-order valence-corrected chi connectivity index (χ2v) is 36.4. The molecule has 1 amide bonds. The van der Waals surface area contributed by atoms with Crippen molar-refractivity contribution in [2.45, 2.75) is 113 Å². The molecule has 730 valence electrons. The molecule has 15 aromatic rings. The standard InChI is InChI=1S/C25H25NO2S2.C16H17NOS.C15H14ClNOS.C15H14FNOS.C15H15NOS.C14H11Cl2NOS.C14H12ClNOS/c1-4-5-20-10-12-21(13-11-20)26(24(29)27-22-14-6-18(2)7-15-22)25(30)28-23-16-8-19(3)9-17-23;1-3-13-6-8-14(9-7-13)17-16(19)18-15-10-4-12(2)5-11-15;2*1-2-11-3-7-13(8-4-11)17-15(19)18-14-9-5-12(16)6-10-14;1-2-12-8-10-13(11-9-12)16-15(18)17-14-6-4-3-5-7-14;1-9-2-7-13(12(16)8-9)17-14(18)19-11-5-3-10(15)4-6-11;1-10-9-11(7-8-13(10)15)16-14(18)17-12-5-3-2-4-6-12/h6-17H,4-5H2,1-3H3;4-11H,3H2,1-2H3,(H,17,19);2*3-10H,2H2,1H3,(H,17,19);3-11H,2H2,1H3,(H,16,18);2-8H,1H3,(H,17,18);2-9H,1H3,(H,16,18). The highest BCUT2D eigenvalue weighted by molar-refractivity contribution is 8.14. The molecule has 0 unspecified atom stereocenters. The van der Waals surface area contributed by atoms with E-state index in [1.54, 1.807) is 59.5 Å². The van der Waals surface area contributed by atoms with Crippen LogP contribution in [0.25, 0.3) is 0 Å². The molecule has 0 aromatic heterocycles. The van der Waals surface area contributed by atoms with Crippen molar-refractivity contribution in [3.8, 4) is 40.2 Å². The molecular formula is C114H108Cl4FN7O8S8. The van der Waals surface area contributed by atoms with E-state index in [0.717, 1.165) is 128 Å². The lowest BCUT2D eigenvalue weighted by Gasteiger charge is -2.25. The van der Waals surface area contributed by atoms with Gasteiger partial charge in [-0.05, 0) is 427 Å². The van der Waals surface area contributed by atoms with Gasteiger partial charge in [0.2, 0.25) is 0 Å². The molecule has 15 aromatic carbocycles. The molecular weight excluding hydrogens is 2010 g/mol. The molecule has 142 heavy (non-hydrogen) atoms. The summed E-state index contributed by atoms with van der Waals surface area (Å²) in [7, 11) is 0. The lowest BCUT2D eigenvalue weighted by Crippen LogP contribution is -2.40. The van der Waals surface area contributed by atoms with E-state index in [1.807, 2.05) is 271 Å². The van der Waals surface area contributed by atoms with Crippen LogP contribution in [0.15, 0.2) is 369 Å². The monoisotopic (exact) mass is 2120 g/mol. The number of hydrogen-bond donors (Lipinski definition) is 6.